The minimum atomic E-state index is -0.360. The predicted octanol–water partition coefficient (Wildman–Crippen LogP) is 4.10. The van der Waals surface area contributed by atoms with Crippen molar-refractivity contribution < 1.29 is 9.72 Å². The minimum absolute atomic E-state index is 0.0262. The molecule has 7 heteroatoms. The van der Waals surface area contributed by atoms with Crippen LogP contribution >= 0.6 is 0 Å². The zero-order chi connectivity index (χ0) is 22.0. The first-order valence-electron chi connectivity index (χ1n) is 11.1. The van der Waals surface area contributed by atoms with Crippen molar-refractivity contribution in [3.63, 3.8) is 0 Å². The molecule has 2 heterocycles. The van der Waals surface area contributed by atoms with Gasteiger partial charge in [-0.25, -0.2) is 0 Å². The molecule has 0 unspecified atom stereocenters. The minimum Gasteiger partial charge on any atom is -0.368 e. The highest BCUT2D eigenvalue weighted by atomic mass is 16.6. The number of piperazine rings is 1. The van der Waals surface area contributed by atoms with Crippen LogP contribution in [0.2, 0.25) is 0 Å². The van der Waals surface area contributed by atoms with Crippen LogP contribution in [-0.2, 0) is 0 Å². The third kappa shape index (κ3) is 4.65. The van der Waals surface area contributed by atoms with E-state index < -0.39 is 0 Å². The maximum atomic E-state index is 13.1. The molecule has 2 aliphatic heterocycles. The van der Waals surface area contributed by atoms with E-state index in [1.54, 1.807) is 17.0 Å². The maximum Gasteiger partial charge on any atom is 0.293 e. The fourth-order valence-corrected chi connectivity index (χ4v) is 4.65. The molecule has 2 saturated heterocycles. The van der Waals surface area contributed by atoms with Crippen LogP contribution < -0.4 is 9.80 Å². The van der Waals surface area contributed by atoms with Crippen molar-refractivity contribution in [1.29, 1.82) is 0 Å². The van der Waals surface area contributed by atoms with E-state index in [4.69, 9.17) is 0 Å². The van der Waals surface area contributed by atoms with Crippen LogP contribution in [0.1, 0.15) is 35.7 Å². The Kier molecular flexibility index (Phi) is 6.11. The van der Waals surface area contributed by atoms with Crippen LogP contribution in [0.4, 0.5) is 17.1 Å². The lowest BCUT2D eigenvalue weighted by Crippen LogP contribution is -2.48. The highest BCUT2D eigenvalue weighted by Gasteiger charge is 2.27. The number of carbonyl (C=O) groups is 1. The number of amides is 1. The van der Waals surface area contributed by atoms with Crippen molar-refractivity contribution >= 4 is 23.0 Å². The number of aryl methyl sites for hydroxylation is 1. The van der Waals surface area contributed by atoms with Gasteiger partial charge in [-0.05, 0) is 55.5 Å². The molecule has 0 radical (unpaired) electrons. The summed E-state index contributed by atoms with van der Waals surface area (Å²) in [6.07, 6.45) is 2.18. The molecule has 2 aromatic rings. The smallest absolute Gasteiger partial charge is 0.293 e. The molecule has 1 atom stereocenters. The van der Waals surface area contributed by atoms with E-state index in [1.165, 1.54) is 17.3 Å². The van der Waals surface area contributed by atoms with Crippen LogP contribution in [0, 0.1) is 23.0 Å². The molecule has 0 aliphatic carbocycles. The third-order valence-corrected chi connectivity index (χ3v) is 6.35. The Hall–Kier alpha value is -3.09. The quantitative estimate of drug-likeness (QED) is 0.548. The summed E-state index contributed by atoms with van der Waals surface area (Å²) < 4.78 is 0. The first kappa shape index (κ1) is 21.2. The molecule has 7 nitrogen and oxygen atoms in total. The van der Waals surface area contributed by atoms with Gasteiger partial charge in [0.25, 0.3) is 11.6 Å². The molecule has 0 saturated carbocycles. The van der Waals surface area contributed by atoms with Crippen molar-refractivity contribution in [3.05, 3.63) is 63.7 Å². The summed E-state index contributed by atoms with van der Waals surface area (Å²) in [5.74, 6) is 0.380. The molecule has 0 spiro atoms. The van der Waals surface area contributed by atoms with Gasteiger partial charge in [-0.2, -0.15) is 0 Å². The van der Waals surface area contributed by atoms with E-state index in [9.17, 15) is 14.9 Å². The first-order chi connectivity index (χ1) is 14.9. The summed E-state index contributed by atoms with van der Waals surface area (Å²) in [4.78, 5) is 30.7. The lowest BCUT2D eigenvalue weighted by Gasteiger charge is -2.36. The second kappa shape index (κ2) is 8.96. The molecule has 1 amide bonds. The Morgan fingerprint density at radius 1 is 1.03 bits per heavy atom. The van der Waals surface area contributed by atoms with Gasteiger partial charge in [0, 0.05) is 56.6 Å². The topological polar surface area (TPSA) is 69.9 Å². The van der Waals surface area contributed by atoms with Gasteiger partial charge >= 0.3 is 0 Å². The highest BCUT2D eigenvalue weighted by Crippen LogP contribution is 2.33. The summed E-state index contributed by atoms with van der Waals surface area (Å²) in [7, 11) is 0. The van der Waals surface area contributed by atoms with Crippen molar-refractivity contribution in [2.45, 2.75) is 26.7 Å². The molecule has 2 aliphatic rings. The largest absolute Gasteiger partial charge is 0.368 e. The number of anilines is 2. The van der Waals surface area contributed by atoms with E-state index in [0.717, 1.165) is 39.0 Å². The molecule has 164 valence electrons. The molecule has 2 fully saturated rings. The van der Waals surface area contributed by atoms with E-state index in [2.05, 4.69) is 41.8 Å². The van der Waals surface area contributed by atoms with Crippen LogP contribution in [-0.4, -0.2) is 55.0 Å². The normalized spacial score (nSPS) is 19.4. The number of nitro groups is 1. The van der Waals surface area contributed by atoms with Gasteiger partial charge in [0.1, 0.15) is 5.69 Å². The van der Waals surface area contributed by atoms with Crippen LogP contribution in [0.3, 0.4) is 0 Å². The number of piperidine rings is 1. The SMILES string of the molecule is Cc1cccc(N2CCN(C(=O)c3ccc(N4CCC[C@@H](C)C4)c([N+](=O)[O-])c3)CC2)c1. The molecule has 0 aromatic heterocycles. The number of nitrogens with zero attached hydrogens (tertiary/aromatic N) is 4. The monoisotopic (exact) mass is 422 g/mol. The van der Waals surface area contributed by atoms with Crippen molar-refractivity contribution in [2.75, 3.05) is 49.1 Å². The Balaban J connectivity index is 1.47. The lowest BCUT2D eigenvalue weighted by atomic mass is 9.99. The number of hydrogen-bond donors (Lipinski definition) is 0. The van der Waals surface area contributed by atoms with Crippen LogP contribution in [0.25, 0.3) is 0 Å². The van der Waals surface area contributed by atoms with Gasteiger partial charge in [0.2, 0.25) is 0 Å². The van der Waals surface area contributed by atoms with Gasteiger partial charge in [0.15, 0.2) is 0 Å². The zero-order valence-electron chi connectivity index (χ0n) is 18.3. The Labute approximate surface area is 183 Å². The van der Waals surface area contributed by atoms with Crippen molar-refractivity contribution in [1.82, 2.24) is 4.90 Å². The molecule has 31 heavy (non-hydrogen) atoms. The van der Waals surface area contributed by atoms with Gasteiger partial charge in [-0.1, -0.05) is 19.1 Å². The van der Waals surface area contributed by atoms with Gasteiger partial charge in [-0.3, -0.25) is 14.9 Å². The predicted molar refractivity (Wildman–Crippen MR) is 123 cm³/mol. The number of rotatable bonds is 4. The van der Waals surface area contributed by atoms with Crippen molar-refractivity contribution in [3.8, 4) is 0 Å². The molecule has 2 aromatic carbocycles. The highest BCUT2D eigenvalue weighted by molar-refractivity contribution is 5.96. The standard InChI is InChI=1S/C24H30N4O3/c1-18-5-3-7-21(15-18)25-11-13-26(14-12-25)24(29)20-8-9-22(23(16-20)28(30)31)27-10-4-6-19(2)17-27/h3,5,7-9,15-16,19H,4,6,10-14,17H2,1-2H3/t19-/m1/s1. The average molecular weight is 423 g/mol. The second-order valence-electron chi connectivity index (χ2n) is 8.77. The van der Waals surface area contributed by atoms with Gasteiger partial charge < -0.3 is 14.7 Å². The van der Waals surface area contributed by atoms with Gasteiger partial charge in [0.05, 0.1) is 4.92 Å². The fourth-order valence-electron chi connectivity index (χ4n) is 4.65. The average Bonchev–Trinajstić information content (AvgIpc) is 2.78. The second-order valence-corrected chi connectivity index (χ2v) is 8.77. The molecule has 4 rings (SSSR count). The van der Waals surface area contributed by atoms with E-state index >= 15 is 0 Å². The Bertz CT molecular complexity index is 969. The van der Waals surface area contributed by atoms with E-state index in [0.29, 0.717) is 30.3 Å². The molecule has 0 bridgehead atoms. The summed E-state index contributed by atoms with van der Waals surface area (Å²) in [6.45, 7) is 8.59. The van der Waals surface area contributed by atoms with Crippen LogP contribution in [0.5, 0.6) is 0 Å². The molecular formula is C24H30N4O3. The van der Waals surface area contributed by atoms with Crippen molar-refractivity contribution in [2.24, 2.45) is 5.92 Å². The Morgan fingerprint density at radius 3 is 2.48 bits per heavy atom. The summed E-state index contributed by atoms with van der Waals surface area (Å²) in [6, 6.07) is 13.3. The van der Waals surface area contributed by atoms with Gasteiger partial charge in [-0.15, -0.1) is 0 Å². The molecule has 0 N–H and O–H groups in total. The van der Waals surface area contributed by atoms with E-state index in [1.807, 2.05) is 6.07 Å². The number of benzene rings is 2. The number of hydrogen-bond acceptors (Lipinski definition) is 5. The number of carbonyl (C=O) groups excluding carboxylic acids is 1. The summed E-state index contributed by atoms with van der Waals surface area (Å²) in [5, 5.41) is 11.8. The zero-order valence-corrected chi connectivity index (χ0v) is 18.3. The number of nitro benzene ring substituents is 1. The van der Waals surface area contributed by atoms with E-state index in [-0.39, 0.29) is 16.5 Å². The Morgan fingerprint density at radius 2 is 1.81 bits per heavy atom. The summed E-state index contributed by atoms with van der Waals surface area (Å²) >= 11 is 0. The lowest BCUT2D eigenvalue weighted by molar-refractivity contribution is -0.384. The summed E-state index contributed by atoms with van der Waals surface area (Å²) in [5.41, 5.74) is 3.43. The van der Waals surface area contributed by atoms with Crippen LogP contribution in [0.15, 0.2) is 42.5 Å². The molecular weight excluding hydrogens is 392 g/mol. The third-order valence-electron chi connectivity index (χ3n) is 6.35. The maximum absolute atomic E-state index is 13.1. The fraction of sp³-hybridized carbons (Fsp3) is 0.458. The first-order valence-corrected chi connectivity index (χ1v) is 11.1.